The van der Waals surface area contributed by atoms with Gasteiger partial charge in [0.2, 0.25) is 5.91 Å². The Kier molecular flexibility index (Phi) is 3.75. The summed E-state index contributed by atoms with van der Waals surface area (Å²) < 4.78 is 2.05. The lowest BCUT2D eigenvalue weighted by Crippen LogP contribution is -2.12. The van der Waals surface area contributed by atoms with E-state index in [-0.39, 0.29) is 5.91 Å². The molecule has 0 aliphatic carbocycles. The zero-order valence-electron chi connectivity index (χ0n) is 11.2. The maximum atomic E-state index is 10.8. The maximum Gasteiger partial charge on any atom is 0.236 e. The first-order valence-corrected chi connectivity index (χ1v) is 5.99. The minimum Gasteiger partial charge on any atom is -0.303 e. The van der Waals surface area contributed by atoms with Gasteiger partial charge in [0.25, 0.3) is 0 Å². The van der Waals surface area contributed by atoms with E-state index in [2.05, 4.69) is 20.1 Å². The normalized spacial score (nSPS) is 10.9. The van der Waals surface area contributed by atoms with Crippen LogP contribution in [0.3, 0.4) is 0 Å². The molecule has 0 atom stereocenters. The van der Waals surface area contributed by atoms with Crippen molar-refractivity contribution in [2.75, 3.05) is 0 Å². The summed E-state index contributed by atoms with van der Waals surface area (Å²) in [7, 11) is 0. The van der Waals surface area contributed by atoms with Gasteiger partial charge in [0.15, 0.2) is 0 Å². The molecule has 0 fully saturated rings. The van der Waals surface area contributed by atoms with E-state index in [0.717, 1.165) is 22.8 Å². The van der Waals surface area contributed by atoms with Crippen LogP contribution in [0.15, 0.2) is 35.6 Å². The van der Waals surface area contributed by atoms with Gasteiger partial charge in [-0.1, -0.05) is 6.07 Å². The quantitative estimate of drug-likeness (QED) is 0.674. The molecule has 0 aromatic carbocycles. The number of carbonyl (C=O) groups is 1. The first-order valence-electron chi connectivity index (χ1n) is 5.99. The number of aryl methyl sites for hydroxylation is 1. The van der Waals surface area contributed by atoms with Gasteiger partial charge in [-0.3, -0.25) is 4.79 Å². The van der Waals surface area contributed by atoms with Crippen LogP contribution >= 0.6 is 0 Å². The molecule has 5 heteroatoms. The molecule has 0 saturated carbocycles. The van der Waals surface area contributed by atoms with E-state index in [4.69, 9.17) is 0 Å². The van der Waals surface area contributed by atoms with Gasteiger partial charge in [-0.2, -0.15) is 5.10 Å². The lowest BCUT2D eigenvalue weighted by atomic mass is 10.3. The van der Waals surface area contributed by atoms with Gasteiger partial charge >= 0.3 is 0 Å². The van der Waals surface area contributed by atoms with Crippen molar-refractivity contribution in [1.29, 1.82) is 0 Å². The summed E-state index contributed by atoms with van der Waals surface area (Å²) in [4.78, 5) is 15.1. The first-order chi connectivity index (χ1) is 9.09. The van der Waals surface area contributed by atoms with Crippen molar-refractivity contribution in [3.8, 4) is 5.82 Å². The highest BCUT2D eigenvalue weighted by Crippen LogP contribution is 2.17. The van der Waals surface area contributed by atoms with Crippen molar-refractivity contribution in [3.63, 3.8) is 0 Å². The Morgan fingerprint density at radius 2 is 2.21 bits per heavy atom. The number of carbonyl (C=O) groups excluding carboxylic acids is 1. The second-order valence-electron chi connectivity index (χ2n) is 4.28. The SMILES string of the molecule is CC(=O)N/N=C\c1cc(C)n(-c2ccccn2)c1C. The van der Waals surface area contributed by atoms with E-state index in [1.807, 2.05) is 38.1 Å². The summed E-state index contributed by atoms with van der Waals surface area (Å²) in [5.41, 5.74) is 5.45. The van der Waals surface area contributed by atoms with Crippen LogP contribution in [-0.4, -0.2) is 21.7 Å². The fraction of sp³-hybridized carbons (Fsp3) is 0.214. The minimum absolute atomic E-state index is 0.185. The molecular weight excluding hydrogens is 240 g/mol. The molecule has 0 aliphatic rings. The lowest BCUT2D eigenvalue weighted by Gasteiger charge is -2.07. The fourth-order valence-corrected chi connectivity index (χ4v) is 1.95. The summed E-state index contributed by atoms with van der Waals surface area (Å²) in [6.07, 6.45) is 3.41. The number of nitrogens with zero attached hydrogens (tertiary/aromatic N) is 3. The lowest BCUT2D eigenvalue weighted by molar-refractivity contribution is -0.118. The molecule has 0 unspecified atom stereocenters. The highest BCUT2D eigenvalue weighted by Gasteiger charge is 2.09. The van der Waals surface area contributed by atoms with Crippen LogP contribution < -0.4 is 5.43 Å². The van der Waals surface area contributed by atoms with E-state index in [0.29, 0.717) is 0 Å². The van der Waals surface area contributed by atoms with Gasteiger partial charge < -0.3 is 4.57 Å². The van der Waals surface area contributed by atoms with Crippen molar-refractivity contribution >= 4 is 12.1 Å². The third kappa shape index (κ3) is 2.88. The van der Waals surface area contributed by atoms with Crippen molar-refractivity contribution in [1.82, 2.24) is 15.0 Å². The molecular formula is C14H16N4O. The average molecular weight is 256 g/mol. The van der Waals surface area contributed by atoms with Crippen molar-refractivity contribution < 1.29 is 4.79 Å². The van der Waals surface area contributed by atoms with Crippen molar-refractivity contribution in [2.24, 2.45) is 5.10 Å². The number of pyridine rings is 1. The number of hydrogen-bond acceptors (Lipinski definition) is 3. The molecule has 0 bridgehead atoms. The topological polar surface area (TPSA) is 59.3 Å². The molecule has 98 valence electrons. The van der Waals surface area contributed by atoms with Crippen LogP contribution in [-0.2, 0) is 4.79 Å². The molecule has 19 heavy (non-hydrogen) atoms. The third-order valence-corrected chi connectivity index (χ3v) is 2.77. The highest BCUT2D eigenvalue weighted by molar-refractivity contribution is 5.83. The molecule has 0 radical (unpaired) electrons. The molecule has 0 saturated heterocycles. The standard InChI is InChI=1S/C14H16N4O/c1-10-8-13(9-16-17-12(3)19)11(2)18(10)14-6-4-5-7-15-14/h4-9H,1-3H3,(H,17,19)/b16-9-. The van der Waals surface area contributed by atoms with Gasteiger partial charge in [0.1, 0.15) is 5.82 Å². The Hall–Kier alpha value is -2.43. The molecule has 1 amide bonds. The van der Waals surface area contributed by atoms with Crippen LogP contribution in [0.4, 0.5) is 0 Å². The van der Waals surface area contributed by atoms with Crippen LogP contribution in [0, 0.1) is 13.8 Å². The van der Waals surface area contributed by atoms with Gasteiger partial charge in [-0.15, -0.1) is 0 Å². The van der Waals surface area contributed by atoms with E-state index >= 15 is 0 Å². The van der Waals surface area contributed by atoms with E-state index in [1.54, 1.807) is 12.4 Å². The maximum absolute atomic E-state index is 10.8. The fourth-order valence-electron chi connectivity index (χ4n) is 1.95. The average Bonchev–Trinajstić information content (AvgIpc) is 2.65. The van der Waals surface area contributed by atoms with Gasteiger partial charge in [0, 0.05) is 30.1 Å². The molecule has 2 aromatic heterocycles. The number of rotatable bonds is 3. The van der Waals surface area contributed by atoms with E-state index in [9.17, 15) is 4.79 Å². The second kappa shape index (κ2) is 5.48. The molecule has 5 nitrogen and oxygen atoms in total. The minimum atomic E-state index is -0.185. The number of hydrazone groups is 1. The van der Waals surface area contributed by atoms with E-state index in [1.165, 1.54) is 6.92 Å². The molecule has 2 heterocycles. The second-order valence-corrected chi connectivity index (χ2v) is 4.28. The van der Waals surface area contributed by atoms with Gasteiger partial charge in [0.05, 0.1) is 6.21 Å². The van der Waals surface area contributed by atoms with Crippen LogP contribution in [0.5, 0.6) is 0 Å². The number of amides is 1. The first kappa shape index (κ1) is 13.0. The zero-order valence-corrected chi connectivity index (χ0v) is 11.2. The molecule has 2 rings (SSSR count). The molecule has 1 N–H and O–H groups in total. The smallest absolute Gasteiger partial charge is 0.236 e. The largest absolute Gasteiger partial charge is 0.303 e. The van der Waals surface area contributed by atoms with Crippen LogP contribution in [0.25, 0.3) is 5.82 Å². The highest BCUT2D eigenvalue weighted by atomic mass is 16.2. The van der Waals surface area contributed by atoms with Crippen molar-refractivity contribution in [3.05, 3.63) is 47.4 Å². The Morgan fingerprint density at radius 3 is 2.84 bits per heavy atom. The Balaban J connectivity index is 2.35. The number of nitrogens with one attached hydrogen (secondary N) is 1. The molecule has 2 aromatic rings. The Bertz CT molecular complexity index is 614. The number of hydrogen-bond donors (Lipinski definition) is 1. The molecule has 0 spiro atoms. The summed E-state index contributed by atoms with van der Waals surface area (Å²) in [6.45, 7) is 5.43. The summed E-state index contributed by atoms with van der Waals surface area (Å²) in [5.74, 6) is 0.687. The molecule has 0 aliphatic heterocycles. The Labute approximate surface area is 112 Å². The van der Waals surface area contributed by atoms with Gasteiger partial charge in [-0.25, -0.2) is 10.4 Å². The third-order valence-electron chi connectivity index (χ3n) is 2.77. The summed E-state index contributed by atoms with van der Waals surface area (Å²) in [5, 5.41) is 3.89. The van der Waals surface area contributed by atoms with Crippen LogP contribution in [0.2, 0.25) is 0 Å². The summed E-state index contributed by atoms with van der Waals surface area (Å²) in [6, 6.07) is 7.80. The van der Waals surface area contributed by atoms with Gasteiger partial charge in [-0.05, 0) is 32.0 Å². The monoisotopic (exact) mass is 256 g/mol. The van der Waals surface area contributed by atoms with Crippen LogP contribution in [0.1, 0.15) is 23.9 Å². The number of aromatic nitrogens is 2. The Morgan fingerprint density at radius 1 is 1.42 bits per heavy atom. The predicted molar refractivity (Wildman–Crippen MR) is 74.4 cm³/mol. The van der Waals surface area contributed by atoms with Crippen molar-refractivity contribution in [2.45, 2.75) is 20.8 Å². The zero-order chi connectivity index (χ0) is 13.8. The van der Waals surface area contributed by atoms with E-state index < -0.39 is 0 Å². The summed E-state index contributed by atoms with van der Waals surface area (Å²) >= 11 is 0. The predicted octanol–water partition coefficient (Wildman–Crippen LogP) is 1.96.